The molecule has 0 radical (unpaired) electrons. The summed E-state index contributed by atoms with van der Waals surface area (Å²) in [7, 11) is 0. The van der Waals surface area contributed by atoms with E-state index >= 15 is 0 Å². The topological polar surface area (TPSA) is 52.6 Å². The Bertz CT molecular complexity index is 1130. The van der Waals surface area contributed by atoms with Crippen LogP contribution in [-0.2, 0) is 0 Å². The summed E-state index contributed by atoms with van der Waals surface area (Å²) in [4.78, 5) is 24.9. The Kier molecular flexibility index (Phi) is 4.96. The molecule has 144 valence electrons. The van der Waals surface area contributed by atoms with Crippen molar-refractivity contribution in [2.75, 3.05) is 6.61 Å². The average Bonchev–Trinajstić information content (AvgIpc) is 3.04. The van der Waals surface area contributed by atoms with Gasteiger partial charge in [-0.25, -0.2) is 4.39 Å². The van der Waals surface area contributed by atoms with E-state index in [4.69, 9.17) is 9.47 Å². The summed E-state index contributed by atoms with van der Waals surface area (Å²) >= 11 is 0. The Labute approximate surface area is 167 Å². The second-order valence-corrected chi connectivity index (χ2v) is 6.64. The molecule has 0 fully saturated rings. The zero-order valence-corrected chi connectivity index (χ0v) is 15.6. The normalized spacial score (nSPS) is 13.9. The second-order valence-electron chi connectivity index (χ2n) is 6.64. The molecule has 0 bridgehead atoms. The fourth-order valence-corrected chi connectivity index (χ4v) is 3.12. The highest BCUT2D eigenvalue weighted by molar-refractivity contribution is 6.15. The number of fused-ring (bicyclic) bond motifs is 1. The number of Topliss-reactive ketones (excluding diaryl/α,β-unsaturated/α-hetero) is 2. The van der Waals surface area contributed by atoms with Crippen molar-refractivity contribution in [1.82, 2.24) is 0 Å². The first-order valence-corrected chi connectivity index (χ1v) is 9.07. The SMILES string of the molecule is Cc1c(OCC(=O)c2ccccc2)ccc2c1O/C(=C\c1cccc(F)c1)C2=O. The van der Waals surface area contributed by atoms with Crippen LogP contribution < -0.4 is 9.47 Å². The molecule has 4 rings (SSSR count). The van der Waals surface area contributed by atoms with Crippen LogP contribution in [0.25, 0.3) is 6.08 Å². The summed E-state index contributed by atoms with van der Waals surface area (Å²) in [5, 5.41) is 0. The van der Waals surface area contributed by atoms with Gasteiger partial charge in [0.05, 0.1) is 5.56 Å². The summed E-state index contributed by atoms with van der Waals surface area (Å²) in [5.41, 5.74) is 2.13. The highest BCUT2D eigenvalue weighted by atomic mass is 19.1. The third kappa shape index (κ3) is 3.80. The van der Waals surface area contributed by atoms with Gasteiger partial charge < -0.3 is 9.47 Å². The zero-order chi connectivity index (χ0) is 20.4. The molecule has 0 aliphatic carbocycles. The molecule has 0 atom stereocenters. The number of ether oxygens (including phenoxy) is 2. The fourth-order valence-electron chi connectivity index (χ4n) is 3.12. The number of carbonyl (C=O) groups is 2. The standard InChI is InChI=1S/C24H17FO4/c1-15-21(28-14-20(26)17-7-3-2-4-8-17)11-10-19-23(27)22(29-24(15)19)13-16-6-5-9-18(25)12-16/h2-13H,14H2,1H3/b22-13-. The molecule has 1 heterocycles. The smallest absolute Gasteiger partial charge is 0.231 e. The second kappa shape index (κ2) is 7.72. The number of hydrogen-bond acceptors (Lipinski definition) is 4. The van der Waals surface area contributed by atoms with Crippen LogP contribution in [0.3, 0.4) is 0 Å². The molecule has 0 N–H and O–H groups in total. The summed E-state index contributed by atoms with van der Waals surface area (Å²) in [6, 6.07) is 18.0. The van der Waals surface area contributed by atoms with Gasteiger partial charge in [0.1, 0.15) is 17.3 Å². The van der Waals surface area contributed by atoms with Crippen molar-refractivity contribution in [2.45, 2.75) is 6.92 Å². The molecular formula is C24H17FO4. The number of carbonyl (C=O) groups excluding carboxylic acids is 2. The first-order valence-electron chi connectivity index (χ1n) is 9.07. The summed E-state index contributed by atoms with van der Waals surface area (Å²) < 4.78 is 24.8. The van der Waals surface area contributed by atoms with Gasteiger partial charge in [-0.2, -0.15) is 0 Å². The van der Waals surface area contributed by atoms with E-state index in [2.05, 4.69) is 0 Å². The Hall–Kier alpha value is -3.73. The molecule has 0 saturated heterocycles. The summed E-state index contributed by atoms with van der Waals surface area (Å²) in [5.74, 6) is 0.159. The molecule has 0 amide bonds. The molecule has 0 aromatic heterocycles. The number of benzene rings is 3. The molecular weight excluding hydrogens is 371 g/mol. The third-order valence-electron chi connectivity index (χ3n) is 4.64. The van der Waals surface area contributed by atoms with Gasteiger partial charge in [-0.1, -0.05) is 42.5 Å². The van der Waals surface area contributed by atoms with E-state index in [0.29, 0.717) is 33.8 Å². The average molecular weight is 388 g/mol. The molecule has 5 heteroatoms. The molecule has 1 aliphatic rings. The summed E-state index contributed by atoms with van der Waals surface area (Å²) in [6.07, 6.45) is 1.50. The zero-order valence-electron chi connectivity index (χ0n) is 15.6. The predicted octanol–water partition coefficient (Wildman–Crippen LogP) is 5.01. The molecule has 0 saturated carbocycles. The first-order chi connectivity index (χ1) is 14.0. The molecule has 1 aliphatic heterocycles. The van der Waals surface area contributed by atoms with Crippen LogP contribution in [0.1, 0.15) is 31.8 Å². The van der Waals surface area contributed by atoms with Crippen LogP contribution in [-0.4, -0.2) is 18.2 Å². The first kappa shape index (κ1) is 18.6. The van der Waals surface area contributed by atoms with Crippen molar-refractivity contribution in [3.05, 3.63) is 101 Å². The van der Waals surface area contributed by atoms with Crippen molar-refractivity contribution in [2.24, 2.45) is 0 Å². The van der Waals surface area contributed by atoms with Crippen molar-refractivity contribution < 1.29 is 23.5 Å². The van der Waals surface area contributed by atoms with Crippen LogP contribution in [0, 0.1) is 12.7 Å². The lowest BCUT2D eigenvalue weighted by molar-refractivity contribution is 0.0920. The van der Waals surface area contributed by atoms with Gasteiger partial charge in [0.15, 0.2) is 18.1 Å². The van der Waals surface area contributed by atoms with Crippen molar-refractivity contribution in [3.63, 3.8) is 0 Å². The minimum atomic E-state index is -0.391. The maximum atomic E-state index is 13.4. The number of rotatable bonds is 5. The van der Waals surface area contributed by atoms with Gasteiger partial charge in [-0.3, -0.25) is 9.59 Å². The number of ketones is 2. The lowest BCUT2D eigenvalue weighted by atomic mass is 10.1. The maximum Gasteiger partial charge on any atom is 0.231 e. The van der Waals surface area contributed by atoms with E-state index < -0.39 is 5.82 Å². The summed E-state index contributed by atoms with van der Waals surface area (Å²) in [6.45, 7) is 1.64. The minimum Gasteiger partial charge on any atom is -0.485 e. The Morgan fingerprint density at radius 3 is 2.62 bits per heavy atom. The van der Waals surface area contributed by atoms with E-state index in [1.165, 1.54) is 18.2 Å². The largest absolute Gasteiger partial charge is 0.485 e. The number of halogens is 1. The third-order valence-corrected chi connectivity index (χ3v) is 4.64. The monoisotopic (exact) mass is 388 g/mol. The van der Waals surface area contributed by atoms with Crippen LogP contribution in [0.15, 0.2) is 72.5 Å². The molecule has 29 heavy (non-hydrogen) atoms. The van der Waals surface area contributed by atoms with E-state index in [1.807, 2.05) is 6.07 Å². The van der Waals surface area contributed by atoms with Crippen molar-refractivity contribution >= 4 is 17.6 Å². The van der Waals surface area contributed by atoms with E-state index in [-0.39, 0.29) is 23.9 Å². The van der Waals surface area contributed by atoms with Gasteiger partial charge in [0.25, 0.3) is 0 Å². The van der Waals surface area contributed by atoms with Crippen LogP contribution in [0.5, 0.6) is 11.5 Å². The van der Waals surface area contributed by atoms with Gasteiger partial charge >= 0.3 is 0 Å². The van der Waals surface area contributed by atoms with Crippen LogP contribution >= 0.6 is 0 Å². The minimum absolute atomic E-state index is 0.117. The fraction of sp³-hybridized carbons (Fsp3) is 0.0833. The Balaban J connectivity index is 1.54. The molecule has 3 aromatic rings. The van der Waals surface area contributed by atoms with Gasteiger partial charge in [-0.15, -0.1) is 0 Å². The Morgan fingerprint density at radius 2 is 1.86 bits per heavy atom. The predicted molar refractivity (Wildman–Crippen MR) is 107 cm³/mol. The molecule has 0 spiro atoms. The van der Waals surface area contributed by atoms with E-state index in [9.17, 15) is 14.0 Å². The quantitative estimate of drug-likeness (QED) is 0.455. The van der Waals surface area contributed by atoms with Gasteiger partial charge in [0.2, 0.25) is 5.78 Å². The molecule has 4 nitrogen and oxygen atoms in total. The lowest BCUT2D eigenvalue weighted by Gasteiger charge is -2.11. The van der Waals surface area contributed by atoms with E-state index in [1.54, 1.807) is 55.5 Å². The number of hydrogen-bond donors (Lipinski definition) is 0. The van der Waals surface area contributed by atoms with Crippen molar-refractivity contribution in [1.29, 1.82) is 0 Å². The Morgan fingerprint density at radius 1 is 1.07 bits per heavy atom. The highest BCUT2D eigenvalue weighted by Crippen LogP contribution is 2.39. The van der Waals surface area contributed by atoms with Crippen LogP contribution in [0.2, 0.25) is 0 Å². The molecule has 3 aromatic carbocycles. The van der Waals surface area contributed by atoms with E-state index in [0.717, 1.165) is 0 Å². The number of allylic oxidation sites excluding steroid dienone is 1. The lowest BCUT2D eigenvalue weighted by Crippen LogP contribution is -2.12. The van der Waals surface area contributed by atoms with Gasteiger partial charge in [-0.05, 0) is 42.8 Å². The van der Waals surface area contributed by atoms with Crippen LogP contribution in [0.4, 0.5) is 4.39 Å². The molecule has 0 unspecified atom stereocenters. The highest BCUT2D eigenvalue weighted by Gasteiger charge is 2.30. The maximum absolute atomic E-state index is 13.4. The van der Waals surface area contributed by atoms with Crippen molar-refractivity contribution in [3.8, 4) is 11.5 Å². The van der Waals surface area contributed by atoms with Gasteiger partial charge in [0, 0.05) is 11.1 Å².